The fourth-order valence-corrected chi connectivity index (χ4v) is 3.00. The van der Waals surface area contributed by atoms with E-state index in [2.05, 4.69) is 33.1 Å². The molecule has 0 spiro atoms. The molecule has 26 heavy (non-hydrogen) atoms. The Morgan fingerprint density at radius 3 is 2.73 bits per heavy atom. The van der Waals surface area contributed by atoms with Gasteiger partial charge < -0.3 is 15.1 Å². The number of aryl methyl sites for hydroxylation is 1. The maximum atomic E-state index is 12.7. The van der Waals surface area contributed by atoms with Gasteiger partial charge in [-0.25, -0.2) is 0 Å². The van der Waals surface area contributed by atoms with Gasteiger partial charge in [-0.3, -0.25) is 9.59 Å². The molecule has 0 aliphatic carbocycles. The van der Waals surface area contributed by atoms with E-state index in [0.717, 1.165) is 15.4 Å². The minimum atomic E-state index is -0.404. The molecular formula is C20H17BrN2O3. The van der Waals surface area contributed by atoms with Crippen LogP contribution in [0.2, 0.25) is 0 Å². The molecule has 0 saturated carbocycles. The van der Waals surface area contributed by atoms with Crippen LogP contribution in [0.5, 0.6) is 0 Å². The van der Waals surface area contributed by atoms with E-state index in [-0.39, 0.29) is 11.7 Å². The van der Waals surface area contributed by atoms with Crippen LogP contribution < -0.4 is 10.6 Å². The second kappa shape index (κ2) is 7.58. The number of rotatable bonds is 5. The Bertz CT molecular complexity index is 1010. The van der Waals surface area contributed by atoms with Gasteiger partial charge in [0.2, 0.25) is 0 Å². The number of hydrogen-bond donors (Lipinski definition) is 2. The second-order valence-electron chi connectivity index (χ2n) is 5.70. The summed E-state index contributed by atoms with van der Waals surface area (Å²) in [6.07, 6.45) is 1.59. The number of anilines is 1. The zero-order chi connectivity index (χ0) is 18.7. The van der Waals surface area contributed by atoms with Crippen molar-refractivity contribution >= 4 is 44.4 Å². The third kappa shape index (κ3) is 3.55. The van der Waals surface area contributed by atoms with E-state index in [1.807, 2.05) is 19.1 Å². The summed E-state index contributed by atoms with van der Waals surface area (Å²) in [7, 11) is 0. The number of nitrogens with one attached hydrogen (secondary N) is 2. The molecule has 2 aromatic carbocycles. The van der Waals surface area contributed by atoms with Crippen LogP contribution in [0.15, 0.2) is 64.0 Å². The van der Waals surface area contributed by atoms with Crippen molar-refractivity contribution < 1.29 is 14.0 Å². The molecule has 0 atom stereocenters. The molecular weight excluding hydrogens is 396 g/mol. The van der Waals surface area contributed by atoms with E-state index in [9.17, 15) is 9.59 Å². The zero-order valence-corrected chi connectivity index (χ0v) is 15.7. The van der Waals surface area contributed by atoms with Crippen molar-refractivity contribution in [1.29, 1.82) is 0 Å². The van der Waals surface area contributed by atoms with E-state index in [1.54, 1.807) is 36.4 Å². The van der Waals surface area contributed by atoms with Crippen molar-refractivity contribution in [2.75, 3.05) is 11.9 Å². The Labute approximate surface area is 159 Å². The number of fused-ring (bicyclic) bond motifs is 1. The fraction of sp³-hybridized carbons (Fsp3) is 0.100. The van der Waals surface area contributed by atoms with Crippen molar-refractivity contribution in [3.63, 3.8) is 0 Å². The Morgan fingerprint density at radius 2 is 1.96 bits per heavy atom. The lowest BCUT2D eigenvalue weighted by atomic mass is 10.1. The van der Waals surface area contributed by atoms with Crippen LogP contribution in [0, 0.1) is 6.92 Å². The van der Waals surface area contributed by atoms with Crippen molar-refractivity contribution in [1.82, 2.24) is 5.32 Å². The molecule has 1 heterocycles. The first-order valence-electron chi connectivity index (χ1n) is 7.99. The average Bonchev–Trinajstić information content (AvgIpc) is 2.96. The molecule has 6 heteroatoms. The van der Waals surface area contributed by atoms with Crippen molar-refractivity contribution in [3.05, 3.63) is 76.5 Å². The van der Waals surface area contributed by atoms with Gasteiger partial charge in [-0.05, 0) is 37.3 Å². The van der Waals surface area contributed by atoms with Crippen LogP contribution in [-0.2, 0) is 0 Å². The molecule has 2 amide bonds. The summed E-state index contributed by atoms with van der Waals surface area (Å²) in [5, 5.41) is 6.34. The van der Waals surface area contributed by atoms with Gasteiger partial charge in [-0.1, -0.05) is 34.1 Å². The number of carbonyl (C=O) groups is 2. The standard InChI is InChI=1S/C20H17BrN2O3/c1-3-10-22-19(24)14-6-4-5-7-16(14)23-20(25)18-12(2)15-11-13(21)8-9-17(15)26-18/h3-9,11H,1,10H2,2H3,(H,22,24)(H,23,25). The monoisotopic (exact) mass is 412 g/mol. The normalized spacial score (nSPS) is 10.5. The number of carbonyl (C=O) groups excluding carboxylic acids is 2. The second-order valence-corrected chi connectivity index (χ2v) is 6.61. The maximum Gasteiger partial charge on any atom is 0.291 e. The summed E-state index contributed by atoms with van der Waals surface area (Å²) in [4.78, 5) is 25.0. The Balaban J connectivity index is 1.90. The van der Waals surface area contributed by atoms with Gasteiger partial charge in [0.05, 0.1) is 11.3 Å². The third-order valence-electron chi connectivity index (χ3n) is 3.93. The lowest BCUT2D eigenvalue weighted by molar-refractivity contribution is 0.0959. The minimum Gasteiger partial charge on any atom is -0.451 e. The fourth-order valence-electron chi connectivity index (χ4n) is 2.64. The Kier molecular flexibility index (Phi) is 5.23. The van der Waals surface area contributed by atoms with Gasteiger partial charge in [-0.2, -0.15) is 0 Å². The molecule has 2 N–H and O–H groups in total. The molecule has 132 valence electrons. The summed E-state index contributed by atoms with van der Waals surface area (Å²) in [5.74, 6) is -0.468. The molecule has 0 saturated heterocycles. The van der Waals surface area contributed by atoms with Crippen LogP contribution in [-0.4, -0.2) is 18.4 Å². The van der Waals surface area contributed by atoms with Crippen LogP contribution in [0.25, 0.3) is 11.0 Å². The van der Waals surface area contributed by atoms with Gasteiger partial charge in [0.15, 0.2) is 5.76 Å². The first-order valence-corrected chi connectivity index (χ1v) is 8.78. The number of furan rings is 1. The first-order chi connectivity index (χ1) is 12.5. The van der Waals surface area contributed by atoms with E-state index in [1.165, 1.54) is 0 Å². The predicted molar refractivity (Wildman–Crippen MR) is 106 cm³/mol. The third-order valence-corrected chi connectivity index (χ3v) is 4.42. The molecule has 0 unspecified atom stereocenters. The maximum absolute atomic E-state index is 12.7. The van der Waals surface area contributed by atoms with E-state index < -0.39 is 5.91 Å². The summed E-state index contributed by atoms with van der Waals surface area (Å²) in [6.45, 7) is 5.75. The summed E-state index contributed by atoms with van der Waals surface area (Å²) < 4.78 is 6.61. The minimum absolute atomic E-state index is 0.222. The number of benzene rings is 2. The quantitative estimate of drug-likeness (QED) is 0.597. The molecule has 0 aliphatic rings. The highest BCUT2D eigenvalue weighted by Gasteiger charge is 2.20. The molecule has 0 aliphatic heterocycles. The zero-order valence-electron chi connectivity index (χ0n) is 14.1. The highest BCUT2D eigenvalue weighted by Crippen LogP contribution is 2.29. The number of para-hydroxylation sites is 1. The molecule has 1 aromatic heterocycles. The average molecular weight is 413 g/mol. The highest BCUT2D eigenvalue weighted by atomic mass is 79.9. The van der Waals surface area contributed by atoms with Gasteiger partial charge in [0, 0.05) is 22.0 Å². The smallest absolute Gasteiger partial charge is 0.291 e. The lowest BCUT2D eigenvalue weighted by Crippen LogP contribution is -2.25. The van der Waals surface area contributed by atoms with Crippen LogP contribution in [0.1, 0.15) is 26.5 Å². The van der Waals surface area contributed by atoms with Crippen molar-refractivity contribution in [2.24, 2.45) is 0 Å². The summed E-state index contributed by atoms with van der Waals surface area (Å²) >= 11 is 3.42. The topological polar surface area (TPSA) is 71.3 Å². The lowest BCUT2D eigenvalue weighted by Gasteiger charge is -2.10. The first kappa shape index (κ1) is 17.9. The predicted octanol–water partition coefficient (Wildman–Crippen LogP) is 4.67. The summed E-state index contributed by atoms with van der Waals surface area (Å²) in [5.41, 5.74) is 2.17. The highest BCUT2D eigenvalue weighted by molar-refractivity contribution is 9.10. The number of hydrogen-bond acceptors (Lipinski definition) is 3. The molecule has 0 radical (unpaired) electrons. The van der Waals surface area contributed by atoms with Crippen LogP contribution in [0.3, 0.4) is 0 Å². The summed E-state index contributed by atoms with van der Waals surface area (Å²) in [6, 6.07) is 12.4. The molecule has 3 rings (SSSR count). The van der Waals surface area contributed by atoms with Gasteiger partial charge in [-0.15, -0.1) is 6.58 Å². The van der Waals surface area contributed by atoms with Crippen LogP contribution in [0.4, 0.5) is 5.69 Å². The SMILES string of the molecule is C=CCNC(=O)c1ccccc1NC(=O)c1oc2ccc(Br)cc2c1C. The molecule has 0 fully saturated rings. The van der Waals surface area contributed by atoms with Crippen molar-refractivity contribution in [3.8, 4) is 0 Å². The van der Waals surface area contributed by atoms with Crippen molar-refractivity contribution in [2.45, 2.75) is 6.92 Å². The molecule has 5 nitrogen and oxygen atoms in total. The number of halogens is 1. The Morgan fingerprint density at radius 1 is 1.19 bits per heavy atom. The molecule has 3 aromatic rings. The molecule has 0 bridgehead atoms. The van der Waals surface area contributed by atoms with Gasteiger partial charge >= 0.3 is 0 Å². The Hall–Kier alpha value is -2.86. The van der Waals surface area contributed by atoms with E-state index in [4.69, 9.17) is 4.42 Å². The van der Waals surface area contributed by atoms with Gasteiger partial charge in [0.25, 0.3) is 11.8 Å². The van der Waals surface area contributed by atoms with E-state index in [0.29, 0.717) is 23.4 Å². The number of amides is 2. The van der Waals surface area contributed by atoms with Crippen LogP contribution >= 0.6 is 15.9 Å². The van der Waals surface area contributed by atoms with Gasteiger partial charge in [0.1, 0.15) is 5.58 Å². The van der Waals surface area contributed by atoms with E-state index >= 15 is 0 Å². The largest absolute Gasteiger partial charge is 0.451 e.